The molecule has 1 saturated carbocycles. The van der Waals surface area contributed by atoms with Gasteiger partial charge in [0, 0.05) is 5.92 Å². The molecule has 1 heterocycles. The molecule has 2 fully saturated rings. The molecule has 3 heteroatoms. The lowest BCUT2D eigenvalue weighted by molar-refractivity contribution is -0.200. The number of ether oxygens (including phenoxy) is 2. The molecule has 1 saturated heterocycles. The largest absolute Gasteiger partial charge is 0.435 e. The summed E-state index contributed by atoms with van der Waals surface area (Å²) in [6.45, 7) is 10.1. The van der Waals surface area contributed by atoms with Crippen molar-refractivity contribution >= 4 is 5.97 Å². The van der Waals surface area contributed by atoms with Crippen LogP contribution in [-0.4, -0.2) is 17.9 Å². The molecular formula is C11H18O3. The van der Waals surface area contributed by atoms with Crippen molar-refractivity contribution in [3.05, 3.63) is 0 Å². The minimum Gasteiger partial charge on any atom is -0.435 e. The van der Waals surface area contributed by atoms with Crippen molar-refractivity contribution < 1.29 is 14.3 Å². The number of hydrogen-bond acceptors (Lipinski definition) is 3. The Morgan fingerprint density at radius 1 is 1.36 bits per heavy atom. The number of carbonyl (C=O) groups is 1. The summed E-state index contributed by atoms with van der Waals surface area (Å²) < 4.78 is 10.9. The summed E-state index contributed by atoms with van der Waals surface area (Å²) in [5, 5.41) is 0. The molecule has 1 aliphatic carbocycles. The maximum atomic E-state index is 11.4. The first-order chi connectivity index (χ1) is 6.23. The molecule has 0 bridgehead atoms. The van der Waals surface area contributed by atoms with E-state index in [9.17, 15) is 4.79 Å². The van der Waals surface area contributed by atoms with Crippen LogP contribution in [0.15, 0.2) is 0 Å². The highest BCUT2D eigenvalue weighted by Gasteiger charge is 2.72. The Labute approximate surface area is 84.8 Å². The van der Waals surface area contributed by atoms with Crippen molar-refractivity contribution in [2.24, 2.45) is 17.3 Å². The highest BCUT2D eigenvalue weighted by atomic mass is 16.7. The fourth-order valence-electron chi connectivity index (χ4n) is 2.34. The van der Waals surface area contributed by atoms with Crippen molar-refractivity contribution in [1.29, 1.82) is 0 Å². The summed E-state index contributed by atoms with van der Waals surface area (Å²) in [7, 11) is 0. The minimum absolute atomic E-state index is 0.0647. The third kappa shape index (κ3) is 1.34. The molecule has 0 radical (unpaired) electrons. The van der Waals surface area contributed by atoms with Gasteiger partial charge in [-0.25, -0.2) is 0 Å². The zero-order chi connectivity index (χ0) is 10.7. The van der Waals surface area contributed by atoms with E-state index < -0.39 is 0 Å². The molecule has 14 heavy (non-hydrogen) atoms. The average molecular weight is 198 g/mol. The summed E-state index contributed by atoms with van der Waals surface area (Å²) in [6, 6.07) is 0. The first kappa shape index (κ1) is 9.97. The van der Waals surface area contributed by atoms with Crippen LogP contribution in [0, 0.1) is 17.3 Å². The molecule has 0 aromatic rings. The third-order valence-electron chi connectivity index (χ3n) is 3.16. The topological polar surface area (TPSA) is 35.5 Å². The van der Waals surface area contributed by atoms with Crippen molar-refractivity contribution in [1.82, 2.24) is 0 Å². The Morgan fingerprint density at radius 3 is 2.29 bits per heavy atom. The van der Waals surface area contributed by atoms with Gasteiger partial charge >= 0.3 is 5.97 Å². The van der Waals surface area contributed by atoms with Gasteiger partial charge in [0.1, 0.15) is 0 Å². The normalized spacial score (nSPS) is 39.2. The Kier molecular flexibility index (Phi) is 1.79. The van der Waals surface area contributed by atoms with Crippen LogP contribution in [0.1, 0.15) is 34.6 Å². The van der Waals surface area contributed by atoms with E-state index in [1.54, 1.807) is 0 Å². The minimum atomic E-state index is -0.331. The van der Waals surface area contributed by atoms with Crippen molar-refractivity contribution in [2.45, 2.75) is 46.5 Å². The van der Waals surface area contributed by atoms with Crippen LogP contribution in [0.4, 0.5) is 0 Å². The van der Waals surface area contributed by atoms with Gasteiger partial charge in [-0.3, -0.25) is 4.79 Å². The maximum absolute atomic E-state index is 11.4. The first-order valence-corrected chi connectivity index (χ1v) is 5.12. The van der Waals surface area contributed by atoms with E-state index in [0.29, 0.717) is 0 Å². The van der Waals surface area contributed by atoms with Gasteiger partial charge in [0.15, 0.2) is 0 Å². The van der Waals surface area contributed by atoms with Gasteiger partial charge in [-0.2, -0.15) is 0 Å². The number of cyclic esters (lactones) is 1. The second-order valence-corrected chi connectivity index (χ2v) is 5.86. The van der Waals surface area contributed by atoms with E-state index in [2.05, 4.69) is 13.8 Å². The van der Waals surface area contributed by atoms with Crippen LogP contribution in [0.2, 0.25) is 0 Å². The van der Waals surface area contributed by atoms with Crippen LogP contribution in [0.5, 0.6) is 0 Å². The van der Waals surface area contributed by atoms with Crippen LogP contribution >= 0.6 is 0 Å². The van der Waals surface area contributed by atoms with Crippen molar-refractivity contribution in [3.63, 3.8) is 0 Å². The Balaban J connectivity index is 2.07. The number of esters is 1. The molecule has 0 amide bonds. The van der Waals surface area contributed by atoms with Gasteiger partial charge in [-0.05, 0) is 26.2 Å². The molecule has 2 rings (SSSR count). The second-order valence-electron chi connectivity index (χ2n) is 5.86. The zero-order valence-electron chi connectivity index (χ0n) is 9.46. The lowest BCUT2D eigenvalue weighted by Gasteiger charge is -2.26. The maximum Gasteiger partial charge on any atom is 0.312 e. The number of rotatable bonds is 1. The Hall–Kier alpha value is -0.570. The lowest BCUT2D eigenvalue weighted by atomic mass is 10.1. The molecular weight excluding hydrogens is 180 g/mol. The van der Waals surface area contributed by atoms with Gasteiger partial charge in [0.25, 0.3) is 0 Å². The highest BCUT2D eigenvalue weighted by Crippen LogP contribution is 2.65. The molecule has 3 unspecified atom stereocenters. The zero-order valence-corrected chi connectivity index (χ0v) is 9.46. The van der Waals surface area contributed by atoms with E-state index in [0.717, 1.165) is 0 Å². The quantitative estimate of drug-likeness (QED) is 0.604. The van der Waals surface area contributed by atoms with E-state index >= 15 is 0 Å². The SMILES string of the molecule is CC(C)(C)OC1OC(=O)C2C1C2(C)C. The third-order valence-corrected chi connectivity index (χ3v) is 3.16. The molecule has 2 aliphatic rings. The molecule has 0 aromatic heterocycles. The summed E-state index contributed by atoms with van der Waals surface area (Å²) in [4.78, 5) is 11.4. The van der Waals surface area contributed by atoms with Crippen molar-refractivity contribution in [3.8, 4) is 0 Å². The molecule has 1 aliphatic heterocycles. The molecule has 0 spiro atoms. The van der Waals surface area contributed by atoms with Crippen LogP contribution in [0.3, 0.4) is 0 Å². The average Bonchev–Trinajstić information content (AvgIpc) is 2.30. The monoisotopic (exact) mass is 198 g/mol. The van der Waals surface area contributed by atoms with Gasteiger partial charge in [-0.15, -0.1) is 0 Å². The van der Waals surface area contributed by atoms with Gasteiger partial charge in [-0.1, -0.05) is 13.8 Å². The molecule has 3 atom stereocenters. The number of carbonyl (C=O) groups excluding carboxylic acids is 1. The predicted octanol–water partition coefficient (Wildman–Crippen LogP) is 1.96. The summed E-state index contributed by atoms with van der Waals surface area (Å²) in [5.74, 6) is 0.235. The summed E-state index contributed by atoms with van der Waals surface area (Å²) >= 11 is 0. The van der Waals surface area contributed by atoms with Crippen LogP contribution < -0.4 is 0 Å². The molecule has 80 valence electrons. The Bertz CT molecular complexity index is 275. The van der Waals surface area contributed by atoms with Gasteiger partial charge < -0.3 is 9.47 Å². The second kappa shape index (κ2) is 2.51. The standard InChI is InChI=1S/C11H18O3/c1-10(2,3)14-9-7-6(8(12)13-9)11(7,4)5/h6-7,9H,1-5H3. The van der Waals surface area contributed by atoms with E-state index in [-0.39, 0.29) is 35.1 Å². The molecule has 0 aromatic carbocycles. The van der Waals surface area contributed by atoms with E-state index in [1.165, 1.54) is 0 Å². The van der Waals surface area contributed by atoms with Crippen LogP contribution in [-0.2, 0) is 14.3 Å². The van der Waals surface area contributed by atoms with Crippen LogP contribution in [0.25, 0.3) is 0 Å². The summed E-state index contributed by atoms with van der Waals surface area (Å²) in [5.41, 5.74) is -0.177. The van der Waals surface area contributed by atoms with E-state index in [1.807, 2.05) is 20.8 Å². The molecule has 0 N–H and O–H groups in total. The number of hydrogen-bond donors (Lipinski definition) is 0. The lowest BCUT2D eigenvalue weighted by Crippen LogP contribution is -2.31. The van der Waals surface area contributed by atoms with Gasteiger partial charge in [0.05, 0.1) is 11.5 Å². The summed E-state index contributed by atoms with van der Waals surface area (Å²) in [6.07, 6.45) is -0.331. The van der Waals surface area contributed by atoms with E-state index in [4.69, 9.17) is 9.47 Å². The highest BCUT2D eigenvalue weighted by molar-refractivity contribution is 5.80. The predicted molar refractivity (Wildman–Crippen MR) is 51.5 cm³/mol. The van der Waals surface area contributed by atoms with Crippen molar-refractivity contribution in [2.75, 3.05) is 0 Å². The van der Waals surface area contributed by atoms with Gasteiger partial charge in [0.2, 0.25) is 6.29 Å². The molecule has 3 nitrogen and oxygen atoms in total. The number of fused-ring (bicyclic) bond motifs is 1. The fourth-order valence-corrected chi connectivity index (χ4v) is 2.34. The Morgan fingerprint density at radius 2 is 1.93 bits per heavy atom. The fraction of sp³-hybridized carbons (Fsp3) is 0.909. The first-order valence-electron chi connectivity index (χ1n) is 5.12. The smallest absolute Gasteiger partial charge is 0.312 e.